The van der Waals surface area contributed by atoms with E-state index in [9.17, 15) is 4.79 Å². The van der Waals surface area contributed by atoms with Crippen molar-refractivity contribution in [2.45, 2.75) is 97.4 Å². The van der Waals surface area contributed by atoms with Crippen LogP contribution in [0.25, 0.3) is 0 Å². The molecule has 0 atom stereocenters. The van der Waals surface area contributed by atoms with E-state index in [0.29, 0.717) is 12.4 Å². The van der Waals surface area contributed by atoms with E-state index < -0.39 is 0 Å². The molecule has 0 radical (unpaired) electrons. The summed E-state index contributed by atoms with van der Waals surface area (Å²) in [5.74, 6) is 0.464. The zero-order valence-electron chi connectivity index (χ0n) is 17.1. The second kappa shape index (κ2) is 14.6. The average Bonchev–Trinajstić information content (AvgIpc) is 2.64. The number of hydrogen-bond acceptors (Lipinski definition) is 2. The van der Waals surface area contributed by atoms with Gasteiger partial charge in [0.2, 0.25) is 5.43 Å². The van der Waals surface area contributed by atoms with Crippen LogP contribution in [-0.4, -0.2) is 11.2 Å². The Labute approximate surface area is 160 Å². The predicted molar refractivity (Wildman–Crippen MR) is 112 cm³/mol. The first-order valence-electron chi connectivity index (χ1n) is 10.6. The van der Waals surface area contributed by atoms with E-state index in [1.807, 2.05) is 13.1 Å². The molecule has 26 heavy (non-hydrogen) atoms. The Morgan fingerprint density at radius 2 is 1.50 bits per heavy atom. The fourth-order valence-corrected chi connectivity index (χ4v) is 3.34. The summed E-state index contributed by atoms with van der Waals surface area (Å²) in [4.78, 5) is 11.9. The van der Waals surface area contributed by atoms with Crippen molar-refractivity contribution in [3.63, 3.8) is 0 Å². The number of aromatic nitrogens is 1. The lowest BCUT2D eigenvalue weighted by Gasteiger charge is -2.14. The number of aryl methyl sites for hydroxylation is 1. The quantitative estimate of drug-likeness (QED) is 0.251. The Morgan fingerprint density at radius 1 is 0.962 bits per heavy atom. The van der Waals surface area contributed by atoms with Crippen LogP contribution in [0.2, 0.25) is 0 Å². The predicted octanol–water partition coefficient (Wildman–Crippen LogP) is 6.42. The van der Waals surface area contributed by atoms with Crippen LogP contribution in [0.3, 0.4) is 0 Å². The molecular formula is C23H39NO2. The second-order valence-corrected chi connectivity index (χ2v) is 7.28. The molecule has 0 aliphatic heterocycles. The Hall–Kier alpha value is -1.51. The Morgan fingerprint density at radius 3 is 2.04 bits per heavy atom. The van der Waals surface area contributed by atoms with Crippen molar-refractivity contribution in [2.75, 3.05) is 6.61 Å². The number of nitrogens with zero attached hydrogens (tertiary/aromatic N) is 1. The topological polar surface area (TPSA) is 31.2 Å². The molecule has 148 valence electrons. The van der Waals surface area contributed by atoms with E-state index in [4.69, 9.17) is 4.74 Å². The SMILES string of the molecule is C=CCOc1c(C)n(CCCCCCCCCCCCCC)ccc1=O. The van der Waals surface area contributed by atoms with Gasteiger partial charge in [0.05, 0.1) is 5.69 Å². The van der Waals surface area contributed by atoms with Gasteiger partial charge in [-0.05, 0) is 13.3 Å². The van der Waals surface area contributed by atoms with Gasteiger partial charge in [-0.1, -0.05) is 90.2 Å². The summed E-state index contributed by atoms with van der Waals surface area (Å²) < 4.78 is 7.65. The van der Waals surface area contributed by atoms with Crippen LogP contribution in [0.5, 0.6) is 5.75 Å². The molecule has 0 saturated carbocycles. The van der Waals surface area contributed by atoms with Crippen LogP contribution in [0.15, 0.2) is 29.7 Å². The summed E-state index contributed by atoms with van der Waals surface area (Å²) in [6.07, 6.45) is 19.8. The first-order valence-corrected chi connectivity index (χ1v) is 10.6. The monoisotopic (exact) mass is 361 g/mol. The fourth-order valence-electron chi connectivity index (χ4n) is 3.34. The molecule has 1 heterocycles. The van der Waals surface area contributed by atoms with Gasteiger partial charge in [0.15, 0.2) is 5.75 Å². The summed E-state index contributed by atoms with van der Waals surface area (Å²) in [5, 5.41) is 0. The second-order valence-electron chi connectivity index (χ2n) is 7.28. The van der Waals surface area contributed by atoms with Gasteiger partial charge < -0.3 is 9.30 Å². The largest absolute Gasteiger partial charge is 0.484 e. The van der Waals surface area contributed by atoms with Gasteiger partial charge in [-0.25, -0.2) is 0 Å². The number of unbranched alkanes of at least 4 members (excludes halogenated alkanes) is 11. The lowest BCUT2D eigenvalue weighted by atomic mass is 10.1. The molecule has 0 amide bonds. The average molecular weight is 362 g/mol. The normalized spacial score (nSPS) is 10.8. The van der Waals surface area contributed by atoms with E-state index in [-0.39, 0.29) is 5.43 Å². The van der Waals surface area contributed by atoms with E-state index >= 15 is 0 Å². The lowest BCUT2D eigenvalue weighted by molar-refractivity contribution is 0.350. The molecular weight excluding hydrogens is 322 g/mol. The Balaban J connectivity index is 2.13. The van der Waals surface area contributed by atoms with Gasteiger partial charge in [0, 0.05) is 18.8 Å². The van der Waals surface area contributed by atoms with Crippen LogP contribution in [0, 0.1) is 6.92 Å². The van der Waals surface area contributed by atoms with E-state index in [1.165, 1.54) is 70.6 Å². The summed E-state index contributed by atoms with van der Waals surface area (Å²) in [6, 6.07) is 1.60. The highest BCUT2D eigenvalue weighted by Crippen LogP contribution is 2.15. The van der Waals surface area contributed by atoms with Crippen molar-refractivity contribution >= 4 is 0 Å². The summed E-state index contributed by atoms with van der Waals surface area (Å²) in [5.41, 5.74) is 0.873. The highest BCUT2D eigenvalue weighted by Gasteiger charge is 2.07. The van der Waals surface area contributed by atoms with Gasteiger partial charge in [-0.15, -0.1) is 0 Å². The van der Waals surface area contributed by atoms with Crippen molar-refractivity contribution < 1.29 is 4.74 Å². The van der Waals surface area contributed by atoms with Crippen molar-refractivity contribution in [1.29, 1.82) is 0 Å². The molecule has 0 N–H and O–H groups in total. The number of hydrogen-bond donors (Lipinski definition) is 0. The van der Waals surface area contributed by atoms with Gasteiger partial charge in [0.25, 0.3) is 0 Å². The van der Waals surface area contributed by atoms with Crippen molar-refractivity contribution in [3.8, 4) is 5.75 Å². The summed E-state index contributed by atoms with van der Waals surface area (Å²) in [6.45, 7) is 9.19. The first-order chi connectivity index (χ1) is 12.7. The molecule has 0 spiro atoms. The fraction of sp³-hybridized carbons (Fsp3) is 0.696. The van der Waals surface area contributed by atoms with Gasteiger partial charge in [-0.3, -0.25) is 4.79 Å². The maximum Gasteiger partial charge on any atom is 0.223 e. The third-order valence-corrected chi connectivity index (χ3v) is 4.99. The standard InChI is InChI=1S/C23H39NO2/c1-4-6-7-8-9-10-11-12-13-14-15-16-18-24-19-17-22(25)23(21(24)3)26-20-5-2/h5,17,19H,2,4,6-16,18,20H2,1,3H3. The Kier molecular flexibility index (Phi) is 12.7. The molecule has 0 fully saturated rings. The molecule has 3 heteroatoms. The number of pyridine rings is 1. The summed E-state index contributed by atoms with van der Waals surface area (Å²) in [7, 11) is 0. The van der Waals surface area contributed by atoms with E-state index in [0.717, 1.165) is 18.7 Å². The minimum absolute atomic E-state index is 0.0460. The highest BCUT2D eigenvalue weighted by atomic mass is 16.5. The molecule has 0 saturated heterocycles. The molecule has 0 unspecified atom stereocenters. The highest BCUT2D eigenvalue weighted by molar-refractivity contribution is 5.27. The van der Waals surface area contributed by atoms with Gasteiger partial charge in [0.1, 0.15) is 6.61 Å². The van der Waals surface area contributed by atoms with E-state index in [1.54, 1.807) is 12.1 Å². The maximum absolute atomic E-state index is 11.9. The van der Waals surface area contributed by atoms with Crippen LogP contribution in [0.4, 0.5) is 0 Å². The van der Waals surface area contributed by atoms with Crippen LogP contribution >= 0.6 is 0 Å². The minimum atomic E-state index is -0.0460. The molecule has 1 aromatic rings. The third-order valence-electron chi connectivity index (χ3n) is 4.99. The smallest absolute Gasteiger partial charge is 0.223 e. The lowest BCUT2D eigenvalue weighted by Crippen LogP contribution is -2.15. The minimum Gasteiger partial charge on any atom is -0.484 e. The van der Waals surface area contributed by atoms with Crippen LogP contribution < -0.4 is 10.2 Å². The van der Waals surface area contributed by atoms with Crippen LogP contribution in [0.1, 0.15) is 89.7 Å². The molecule has 0 bridgehead atoms. The molecule has 0 aliphatic rings. The van der Waals surface area contributed by atoms with Crippen molar-refractivity contribution in [2.24, 2.45) is 0 Å². The van der Waals surface area contributed by atoms with Gasteiger partial charge in [-0.2, -0.15) is 0 Å². The molecule has 0 aliphatic carbocycles. The summed E-state index contributed by atoms with van der Waals surface area (Å²) >= 11 is 0. The zero-order chi connectivity index (χ0) is 19.0. The molecule has 1 rings (SSSR count). The van der Waals surface area contributed by atoms with Crippen LogP contribution in [-0.2, 0) is 6.54 Å². The zero-order valence-corrected chi connectivity index (χ0v) is 17.1. The molecule has 1 aromatic heterocycles. The van der Waals surface area contributed by atoms with Gasteiger partial charge >= 0.3 is 0 Å². The van der Waals surface area contributed by atoms with Crippen molar-refractivity contribution in [3.05, 3.63) is 40.8 Å². The number of rotatable bonds is 16. The number of ether oxygens (including phenoxy) is 1. The third kappa shape index (κ3) is 9.26. The van der Waals surface area contributed by atoms with Crippen molar-refractivity contribution in [1.82, 2.24) is 4.57 Å². The molecule has 3 nitrogen and oxygen atoms in total. The van der Waals surface area contributed by atoms with E-state index in [2.05, 4.69) is 18.1 Å². The Bertz CT molecular complexity index is 548. The maximum atomic E-state index is 11.9. The molecule has 0 aromatic carbocycles. The first kappa shape index (κ1) is 22.5.